The zero-order valence-electron chi connectivity index (χ0n) is 19.7. The molecule has 4 amide bonds. The first-order chi connectivity index (χ1) is 16.5. The van der Waals surface area contributed by atoms with Gasteiger partial charge in [0.05, 0.1) is 6.61 Å². The SMILES string of the molecule is CC(C)(C)OC(=O)NCCCOc1ccccc1CNC(=O)Nc1nc(C(=O)NCC(=O)O)cs1. The van der Waals surface area contributed by atoms with E-state index in [1.54, 1.807) is 26.8 Å². The molecule has 0 bridgehead atoms. The Hall–Kier alpha value is -3.87. The predicted octanol–water partition coefficient (Wildman–Crippen LogP) is 2.57. The summed E-state index contributed by atoms with van der Waals surface area (Å²) >= 11 is 1.03. The number of hydrogen-bond acceptors (Lipinski definition) is 8. The second kappa shape index (κ2) is 13.1. The number of benzene rings is 1. The van der Waals surface area contributed by atoms with E-state index in [0.29, 0.717) is 25.3 Å². The number of rotatable bonds is 11. The molecule has 1 aromatic heterocycles. The van der Waals surface area contributed by atoms with E-state index in [2.05, 4.69) is 26.3 Å². The number of carboxylic acids is 1. The molecule has 2 rings (SSSR count). The lowest BCUT2D eigenvalue weighted by Gasteiger charge is -2.19. The highest BCUT2D eigenvalue weighted by Gasteiger charge is 2.16. The van der Waals surface area contributed by atoms with Crippen LogP contribution >= 0.6 is 11.3 Å². The number of hydrogen-bond donors (Lipinski definition) is 5. The average molecular weight is 508 g/mol. The standard InChI is InChI=1S/C22H29N5O7S/c1-22(2,3)34-21(32)23-9-6-10-33-16-8-5-4-7-14(16)11-25-19(31)27-20-26-15(13-35-20)18(30)24-12-17(28)29/h4-5,7-8,13H,6,9-12H2,1-3H3,(H,23,32)(H,24,30)(H,28,29)(H2,25,26,27,31). The third-order valence-corrected chi connectivity index (χ3v) is 4.77. The van der Waals surface area contributed by atoms with Gasteiger partial charge in [-0.25, -0.2) is 14.6 Å². The summed E-state index contributed by atoms with van der Waals surface area (Å²) in [6.45, 7) is 5.76. The van der Waals surface area contributed by atoms with Crippen molar-refractivity contribution in [2.45, 2.75) is 39.3 Å². The van der Waals surface area contributed by atoms with Crippen molar-refractivity contribution in [2.75, 3.05) is 25.0 Å². The molecule has 0 saturated heterocycles. The van der Waals surface area contributed by atoms with E-state index < -0.39 is 36.1 Å². The molecule has 0 aliphatic heterocycles. The molecule has 1 heterocycles. The van der Waals surface area contributed by atoms with Gasteiger partial charge in [0, 0.05) is 24.0 Å². The molecule has 0 atom stereocenters. The number of ether oxygens (including phenoxy) is 2. The maximum absolute atomic E-state index is 12.2. The number of carbonyl (C=O) groups is 4. The molecule has 0 radical (unpaired) electrons. The van der Waals surface area contributed by atoms with E-state index in [-0.39, 0.29) is 17.4 Å². The van der Waals surface area contributed by atoms with Crippen LogP contribution in [0.5, 0.6) is 5.75 Å². The number of aromatic nitrogens is 1. The zero-order chi connectivity index (χ0) is 25.8. The zero-order valence-corrected chi connectivity index (χ0v) is 20.5. The van der Waals surface area contributed by atoms with Crippen LogP contribution in [0.4, 0.5) is 14.7 Å². The largest absolute Gasteiger partial charge is 0.493 e. The van der Waals surface area contributed by atoms with E-state index in [1.165, 1.54) is 5.38 Å². The van der Waals surface area contributed by atoms with Crippen molar-refractivity contribution in [3.63, 3.8) is 0 Å². The minimum atomic E-state index is -1.17. The van der Waals surface area contributed by atoms with Gasteiger partial charge >= 0.3 is 18.1 Å². The summed E-state index contributed by atoms with van der Waals surface area (Å²) in [7, 11) is 0. The van der Waals surface area contributed by atoms with E-state index in [0.717, 1.165) is 16.9 Å². The summed E-state index contributed by atoms with van der Waals surface area (Å²) in [6, 6.07) is 6.68. The van der Waals surface area contributed by atoms with Gasteiger partial charge in [-0.3, -0.25) is 14.9 Å². The third-order valence-electron chi connectivity index (χ3n) is 4.02. The molecule has 190 valence electrons. The van der Waals surface area contributed by atoms with Crippen LogP contribution in [-0.2, 0) is 16.1 Å². The lowest BCUT2D eigenvalue weighted by Crippen LogP contribution is -2.33. The summed E-state index contributed by atoms with van der Waals surface area (Å²) < 4.78 is 10.9. The van der Waals surface area contributed by atoms with Gasteiger partial charge in [-0.2, -0.15) is 0 Å². The molecule has 0 spiro atoms. The number of amides is 4. The lowest BCUT2D eigenvalue weighted by molar-refractivity contribution is -0.135. The Balaban J connectivity index is 1.76. The van der Waals surface area contributed by atoms with Crippen LogP contribution in [0.1, 0.15) is 43.2 Å². The summed E-state index contributed by atoms with van der Waals surface area (Å²) in [5.41, 5.74) is 0.194. The van der Waals surface area contributed by atoms with Crippen LogP contribution in [0.2, 0.25) is 0 Å². The van der Waals surface area contributed by atoms with Gasteiger partial charge in [-0.05, 0) is 33.3 Å². The first kappa shape index (κ1) is 27.4. The number of nitrogens with one attached hydrogen (secondary N) is 4. The Morgan fingerprint density at radius 3 is 2.54 bits per heavy atom. The van der Waals surface area contributed by atoms with Gasteiger partial charge in [-0.15, -0.1) is 11.3 Å². The Labute approximate surface area is 206 Å². The molecular formula is C22H29N5O7S. The number of nitrogens with zero attached hydrogens (tertiary/aromatic N) is 1. The topological polar surface area (TPSA) is 168 Å². The summed E-state index contributed by atoms with van der Waals surface area (Å²) in [5.74, 6) is -1.23. The van der Waals surface area contributed by atoms with Crippen molar-refractivity contribution in [1.29, 1.82) is 0 Å². The number of thiazole rings is 1. The summed E-state index contributed by atoms with van der Waals surface area (Å²) in [4.78, 5) is 50.2. The minimum absolute atomic E-state index is 0.00598. The van der Waals surface area contributed by atoms with Crippen LogP contribution in [-0.4, -0.2) is 59.4 Å². The molecule has 0 fully saturated rings. The molecule has 1 aromatic carbocycles. The Kier molecular flexibility index (Phi) is 10.3. The molecule has 13 heteroatoms. The molecule has 0 saturated carbocycles. The molecule has 2 aromatic rings. The highest BCUT2D eigenvalue weighted by atomic mass is 32.1. The molecule has 35 heavy (non-hydrogen) atoms. The maximum atomic E-state index is 12.2. The number of aliphatic carboxylic acids is 1. The first-order valence-corrected chi connectivity index (χ1v) is 11.6. The second-order valence-electron chi connectivity index (χ2n) is 8.16. The molecule has 0 unspecified atom stereocenters. The minimum Gasteiger partial charge on any atom is -0.493 e. The number of anilines is 1. The van der Waals surface area contributed by atoms with Gasteiger partial charge in [0.2, 0.25) is 0 Å². The number of carboxylic acid groups (broad SMARTS) is 1. The van der Waals surface area contributed by atoms with Crippen molar-refractivity contribution >= 4 is 40.5 Å². The van der Waals surface area contributed by atoms with Crippen LogP contribution in [0.3, 0.4) is 0 Å². The van der Waals surface area contributed by atoms with E-state index in [9.17, 15) is 19.2 Å². The molecule has 0 aliphatic rings. The average Bonchev–Trinajstić information content (AvgIpc) is 3.23. The monoisotopic (exact) mass is 507 g/mol. The van der Waals surface area contributed by atoms with Crippen LogP contribution in [0.15, 0.2) is 29.6 Å². The highest BCUT2D eigenvalue weighted by Crippen LogP contribution is 2.19. The Morgan fingerprint density at radius 2 is 1.83 bits per heavy atom. The Bertz CT molecular complexity index is 1040. The van der Waals surface area contributed by atoms with E-state index in [1.807, 2.05) is 18.2 Å². The number of para-hydroxylation sites is 1. The van der Waals surface area contributed by atoms with Crippen molar-refractivity contribution in [3.05, 3.63) is 40.9 Å². The quantitative estimate of drug-likeness (QED) is 0.289. The number of alkyl carbamates (subject to hydrolysis) is 1. The fraction of sp³-hybridized carbons (Fsp3) is 0.409. The third kappa shape index (κ3) is 10.7. The van der Waals surface area contributed by atoms with E-state index >= 15 is 0 Å². The lowest BCUT2D eigenvalue weighted by atomic mass is 10.2. The van der Waals surface area contributed by atoms with Gasteiger partial charge in [0.15, 0.2) is 5.13 Å². The summed E-state index contributed by atoms with van der Waals surface area (Å²) in [6.07, 6.45) is 0.0785. The fourth-order valence-corrected chi connectivity index (χ4v) is 3.23. The van der Waals surface area contributed by atoms with Gasteiger partial charge < -0.3 is 30.5 Å². The van der Waals surface area contributed by atoms with Crippen molar-refractivity contribution in [3.8, 4) is 5.75 Å². The molecule has 0 aliphatic carbocycles. The van der Waals surface area contributed by atoms with Gasteiger partial charge in [0.1, 0.15) is 23.6 Å². The van der Waals surface area contributed by atoms with Crippen LogP contribution in [0.25, 0.3) is 0 Å². The van der Waals surface area contributed by atoms with Crippen molar-refractivity contribution in [2.24, 2.45) is 0 Å². The fourth-order valence-electron chi connectivity index (χ4n) is 2.55. The van der Waals surface area contributed by atoms with E-state index in [4.69, 9.17) is 14.6 Å². The van der Waals surface area contributed by atoms with Gasteiger partial charge in [0.25, 0.3) is 5.91 Å². The number of urea groups is 1. The van der Waals surface area contributed by atoms with Crippen LogP contribution < -0.4 is 26.0 Å². The molecular weight excluding hydrogens is 478 g/mol. The number of carbonyl (C=O) groups excluding carboxylic acids is 3. The van der Waals surface area contributed by atoms with Crippen molar-refractivity contribution in [1.82, 2.24) is 20.9 Å². The highest BCUT2D eigenvalue weighted by molar-refractivity contribution is 7.14. The first-order valence-electron chi connectivity index (χ1n) is 10.7. The van der Waals surface area contributed by atoms with Crippen molar-refractivity contribution < 1.29 is 33.8 Å². The summed E-state index contributed by atoms with van der Waals surface area (Å²) in [5, 5.41) is 20.3. The maximum Gasteiger partial charge on any atom is 0.407 e. The van der Waals surface area contributed by atoms with Gasteiger partial charge in [-0.1, -0.05) is 18.2 Å². The molecule has 5 N–H and O–H groups in total. The normalized spacial score (nSPS) is 10.7. The predicted molar refractivity (Wildman–Crippen MR) is 129 cm³/mol. The second-order valence-corrected chi connectivity index (χ2v) is 9.02. The smallest absolute Gasteiger partial charge is 0.407 e. The Morgan fingerprint density at radius 1 is 1.09 bits per heavy atom. The van der Waals surface area contributed by atoms with Crippen LogP contribution in [0, 0.1) is 0 Å². The molecule has 12 nitrogen and oxygen atoms in total.